The topological polar surface area (TPSA) is 86.0 Å². The molecule has 1 unspecified atom stereocenters. The van der Waals surface area contributed by atoms with Crippen LogP contribution in [0.4, 0.5) is 11.9 Å². The van der Waals surface area contributed by atoms with E-state index in [2.05, 4.69) is 34.1 Å². The van der Waals surface area contributed by atoms with Crippen molar-refractivity contribution in [1.29, 1.82) is 0 Å². The van der Waals surface area contributed by atoms with Gasteiger partial charge in [-0.3, -0.25) is 0 Å². The van der Waals surface area contributed by atoms with Crippen LogP contribution in [-0.2, 0) is 0 Å². The van der Waals surface area contributed by atoms with Crippen molar-refractivity contribution in [2.45, 2.75) is 39.2 Å². The molecule has 0 aromatic carbocycles. The van der Waals surface area contributed by atoms with Gasteiger partial charge in [-0.15, -0.1) is 0 Å². The molecule has 0 bridgehead atoms. The highest BCUT2D eigenvalue weighted by atomic mass is 16.5. The fraction of sp³-hybridized carbons (Fsp3) is 0.700. The zero-order valence-corrected chi connectivity index (χ0v) is 10.0. The predicted octanol–water partition coefficient (Wildman–Crippen LogP) is 1.45. The Bertz CT molecular complexity index is 331. The Kier molecular flexibility index (Phi) is 4.75. The van der Waals surface area contributed by atoms with E-state index in [-0.39, 0.29) is 12.0 Å². The van der Waals surface area contributed by atoms with Gasteiger partial charge in [0.1, 0.15) is 0 Å². The SMILES string of the molecule is CCCC(CC)Nc1nc(N)nc(OC)n1. The lowest BCUT2D eigenvalue weighted by atomic mass is 10.1. The number of nitrogens with one attached hydrogen (secondary N) is 1. The number of hydrogen-bond donors (Lipinski definition) is 2. The van der Waals surface area contributed by atoms with Crippen LogP contribution in [0.15, 0.2) is 0 Å². The second-order valence-electron chi connectivity index (χ2n) is 3.54. The summed E-state index contributed by atoms with van der Waals surface area (Å²) in [5.41, 5.74) is 5.54. The molecule has 6 nitrogen and oxygen atoms in total. The largest absolute Gasteiger partial charge is 0.467 e. The summed E-state index contributed by atoms with van der Waals surface area (Å²) in [6.45, 7) is 4.27. The summed E-state index contributed by atoms with van der Waals surface area (Å²) >= 11 is 0. The number of rotatable bonds is 6. The van der Waals surface area contributed by atoms with Crippen molar-refractivity contribution in [2.75, 3.05) is 18.2 Å². The molecule has 90 valence electrons. The second-order valence-corrected chi connectivity index (χ2v) is 3.54. The highest BCUT2D eigenvalue weighted by molar-refractivity contribution is 5.33. The van der Waals surface area contributed by atoms with Gasteiger partial charge in [-0.2, -0.15) is 15.0 Å². The number of hydrogen-bond acceptors (Lipinski definition) is 6. The minimum Gasteiger partial charge on any atom is -0.467 e. The van der Waals surface area contributed by atoms with Gasteiger partial charge >= 0.3 is 6.01 Å². The highest BCUT2D eigenvalue weighted by Crippen LogP contribution is 2.12. The van der Waals surface area contributed by atoms with E-state index >= 15 is 0 Å². The van der Waals surface area contributed by atoms with Gasteiger partial charge in [0.25, 0.3) is 0 Å². The Hall–Kier alpha value is -1.59. The van der Waals surface area contributed by atoms with Crippen LogP contribution in [0.1, 0.15) is 33.1 Å². The summed E-state index contributed by atoms with van der Waals surface area (Å²) in [6, 6.07) is 0.595. The first-order valence-electron chi connectivity index (χ1n) is 5.51. The first-order valence-corrected chi connectivity index (χ1v) is 5.51. The highest BCUT2D eigenvalue weighted by Gasteiger charge is 2.09. The number of ether oxygens (including phenoxy) is 1. The average Bonchev–Trinajstić information content (AvgIpc) is 2.27. The third kappa shape index (κ3) is 3.52. The minimum absolute atomic E-state index is 0.167. The third-order valence-electron chi connectivity index (χ3n) is 2.28. The zero-order valence-electron chi connectivity index (χ0n) is 10.0. The molecule has 1 atom stereocenters. The number of aromatic nitrogens is 3. The van der Waals surface area contributed by atoms with E-state index in [1.54, 1.807) is 0 Å². The van der Waals surface area contributed by atoms with Gasteiger partial charge < -0.3 is 15.8 Å². The summed E-state index contributed by atoms with van der Waals surface area (Å²) in [7, 11) is 1.50. The molecule has 0 spiro atoms. The quantitative estimate of drug-likeness (QED) is 0.762. The Balaban J connectivity index is 2.74. The summed E-state index contributed by atoms with van der Waals surface area (Å²) < 4.78 is 4.93. The molecule has 0 aliphatic rings. The molecule has 1 rings (SSSR count). The average molecular weight is 225 g/mol. The Morgan fingerprint density at radius 2 is 2.06 bits per heavy atom. The molecule has 0 aliphatic heterocycles. The van der Waals surface area contributed by atoms with Gasteiger partial charge in [-0.05, 0) is 12.8 Å². The summed E-state index contributed by atoms with van der Waals surface area (Å²) in [6.07, 6.45) is 3.20. The molecule has 3 N–H and O–H groups in total. The van der Waals surface area contributed by atoms with E-state index in [0.29, 0.717) is 12.0 Å². The number of nitrogens with two attached hydrogens (primary N) is 1. The standard InChI is InChI=1S/C10H19N5O/c1-4-6-7(5-2)12-9-13-8(11)14-10(15-9)16-3/h7H,4-6H2,1-3H3,(H3,11,12,13,14,15). The maximum atomic E-state index is 5.54. The van der Waals surface area contributed by atoms with E-state index in [1.807, 2.05) is 0 Å². The van der Waals surface area contributed by atoms with Crippen LogP contribution in [0, 0.1) is 0 Å². The molecule has 0 fully saturated rings. The Morgan fingerprint density at radius 3 is 2.62 bits per heavy atom. The fourth-order valence-corrected chi connectivity index (χ4v) is 1.44. The monoisotopic (exact) mass is 225 g/mol. The van der Waals surface area contributed by atoms with Crippen molar-refractivity contribution in [3.8, 4) is 6.01 Å². The Labute approximate surface area is 95.6 Å². The molecular weight excluding hydrogens is 206 g/mol. The van der Waals surface area contributed by atoms with Crippen LogP contribution in [0.3, 0.4) is 0 Å². The van der Waals surface area contributed by atoms with Crippen molar-refractivity contribution < 1.29 is 4.74 Å². The van der Waals surface area contributed by atoms with Crippen molar-refractivity contribution in [2.24, 2.45) is 0 Å². The molecule has 0 amide bonds. The smallest absolute Gasteiger partial charge is 0.322 e. The van der Waals surface area contributed by atoms with Crippen molar-refractivity contribution in [3.63, 3.8) is 0 Å². The third-order valence-corrected chi connectivity index (χ3v) is 2.28. The molecule has 1 aromatic heterocycles. The maximum Gasteiger partial charge on any atom is 0.322 e. The Morgan fingerprint density at radius 1 is 1.31 bits per heavy atom. The minimum atomic E-state index is 0.167. The molecule has 0 aliphatic carbocycles. The molecule has 1 heterocycles. The van der Waals surface area contributed by atoms with Gasteiger partial charge in [-0.1, -0.05) is 20.3 Å². The van der Waals surface area contributed by atoms with E-state index in [9.17, 15) is 0 Å². The first kappa shape index (κ1) is 12.5. The molecule has 6 heteroatoms. The maximum absolute atomic E-state index is 5.54. The zero-order chi connectivity index (χ0) is 12.0. The molecule has 1 aromatic rings. The first-order chi connectivity index (χ1) is 7.69. The van der Waals surface area contributed by atoms with Crippen LogP contribution in [0.2, 0.25) is 0 Å². The number of anilines is 2. The van der Waals surface area contributed by atoms with E-state index in [1.165, 1.54) is 7.11 Å². The van der Waals surface area contributed by atoms with Gasteiger partial charge in [0, 0.05) is 6.04 Å². The summed E-state index contributed by atoms with van der Waals surface area (Å²) in [5, 5.41) is 3.22. The molecule has 16 heavy (non-hydrogen) atoms. The fourth-order valence-electron chi connectivity index (χ4n) is 1.44. The van der Waals surface area contributed by atoms with E-state index in [0.717, 1.165) is 19.3 Å². The molecule has 0 saturated carbocycles. The summed E-state index contributed by atoms with van der Waals surface area (Å²) in [4.78, 5) is 11.9. The number of nitrogens with zero attached hydrogens (tertiary/aromatic N) is 3. The van der Waals surface area contributed by atoms with Crippen molar-refractivity contribution in [1.82, 2.24) is 15.0 Å². The van der Waals surface area contributed by atoms with Gasteiger partial charge in [0.2, 0.25) is 11.9 Å². The van der Waals surface area contributed by atoms with Crippen molar-refractivity contribution in [3.05, 3.63) is 0 Å². The lowest BCUT2D eigenvalue weighted by Crippen LogP contribution is -2.20. The lowest BCUT2D eigenvalue weighted by Gasteiger charge is -2.15. The van der Waals surface area contributed by atoms with Gasteiger partial charge in [0.15, 0.2) is 0 Å². The van der Waals surface area contributed by atoms with E-state index in [4.69, 9.17) is 10.5 Å². The summed E-state index contributed by atoms with van der Waals surface area (Å²) in [5.74, 6) is 0.644. The predicted molar refractivity (Wildman–Crippen MR) is 63.4 cm³/mol. The molecular formula is C10H19N5O. The van der Waals surface area contributed by atoms with Gasteiger partial charge in [0.05, 0.1) is 7.11 Å². The number of nitrogen functional groups attached to an aromatic ring is 1. The number of methoxy groups -OCH3 is 1. The van der Waals surface area contributed by atoms with Crippen LogP contribution in [0.25, 0.3) is 0 Å². The second kappa shape index (κ2) is 6.09. The van der Waals surface area contributed by atoms with Crippen LogP contribution in [-0.4, -0.2) is 28.1 Å². The molecule has 0 radical (unpaired) electrons. The van der Waals surface area contributed by atoms with E-state index < -0.39 is 0 Å². The normalized spacial score (nSPS) is 12.2. The van der Waals surface area contributed by atoms with Crippen LogP contribution >= 0.6 is 0 Å². The molecule has 0 saturated heterocycles. The van der Waals surface area contributed by atoms with Crippen molar-refractivity contribution >= 4 is 11.9 Å². The van der Waals surface area contributed by atoms with Gasteiger partial charge in [-0.25, -0.2) is 0 Å². The van der Waals surface area contributed by atoms with Crippen LogP contribution in [0.5, 0.6) is 6.01 Å². The van der Waals surface area contributed by atoms with Crippen LogP contribution < -0.4 is 15.8 Å². The lowest BCUT2D eigenvalue weighted by molar-refractivity contribution is 0.379.